The number of ether oxygens (including phenoxy) is 10. The zero-order valence-corrected chi connectivity index (χ0v) is 33.5. The second kappa shape index (κ2) is 18.2. The molecule has 320 valence electrons. The van der Waals surface area contributed by atoms with Crippen LogP contribution in [0.4, 0.5) is 15.3 Å². The van der Waals surface area contributed by atoms with Crippen molar-refractivity contribution in [2.45, 2.75) is 57.5 Å². The number of rotatable bonds is 14. The highest BCUT2D eigenvalue weighted by atomic mass is 16.8. The Labute approximate surface area is 349 Å². The van der Waals surface area contributed by atoms with Crippen LogP contribution in [0.5, 0.6) is 17.2 Å². The number of carbonyl (C=O) groups is 4. The van der Waals surface area contributed by atoms with E-state index in [2.05, 4.69) is 13.2 Å². The van der Waals surface area contributed by atoms with E-state index in [9.17, 15) is 29.4 Å². The van der Waals surface area contributed by atoms with Gasteiger partial charge in [-0.15, -0.1) is 0 Å². The van der Waals surface area contributed by atoms with Crippen molar-refractivity contribution in [3.8, 4) is 28.4 Å². The van der Waals surface area contributed by atoms with Crippen LogP contribution in [0.2, 0.25) is 0 Å². The molecule has 1 saturated heterocycles. The second-order valence-corrected chi connectivity index (χ2v) is 14.2. The number of fused-ring (bicyclic) bond motifs is 3. The molecule has 1 unspecified atom stereocenters. The molecule has 4 aromatic rings. The Hall–Kier alpha value is -6.82. The van der Waals surface area contributed by atoms with Crippen molar-refractivity contribution in [2.75, 3.05) is 39.0 Å². The number of hydrogen-bond donors (Lipinski definition) is 2. The first-order valence-electron chi connectivity index (χ1n) is 19.1. The minimum Gasteiger partial charge on any atom is -0.460 e. The lowest BCUT2D eigenvalue weighted by molar-refractivity contribution is -0.270. The van der Waals surface area contributed by atoms with Gasteiger partial charge in [0.2, 0.25) is 19.2 Å². The number of benzene rings is 4. The first kappa shape index (κ1) is 42.3. The molecule has 5 atom stereocenters. The monoisotopic (exact) mass is 841 g/mol. The Bertz CT molecular complexity index is 2360. The molecule has 3 aliphatic heterocycles. The van der Waals surface area contributed by atoms with Gasteiger partial charge in [0.05, 0.1) is 24.3 Å². The van der Waals surface area contributed by atoms with Gasteiger partial charge in [0.25, 0.3) is 0 Å². The number of aliphatic hydroxyl groups is 2. The zero-order valence-electron chi connectivity index (χ0n) is 33.5. The molecule has 0 bridgehead atoms. The maximum absolute atomic E-state index is 13.9. The van der Waals surface area contributed by atoms with E-state index >= 15 is 0 Å². The van der Waals surface area contributed by atoms with Crippen molar-refractivity contribution in [1.82, 2.24) is 0 Å². The van der Waals surface area contributed by atoms with Crippen LogP contribution in [0.25, 0.3) is 21.9 Å². The highest BCUT2D eigenvalue weighted by Crippen LogP contribution is 2.48. The van der Waals surface area contributed by atoms with Crippen molar-refractivity contribution in [1.29, 1.82) is 0 Å². The lowest BCUT2D eigenvalue weighted by Crippen LogP contribution is -2.62. The third-order valence-electron chi connectivity index (χ3n) is 10.2. The number of esters is 2. The van der Waals surface area contributed by atoms with Gasteiger partial charge in [-0.25, -0.2) is 19.2 Å². The summed E-state index contributed by atoms with van der Waals surface area (Å²) in [6.45, 7) is 6.92. The molecular weight excluding hydrogens is 798 g/mol. The maximum atomic E-state index is 13.9. The van der Waals surface area contributed by atoms with Crippen LogP contribution in [-0.4, -0.2) is 99.3 Å². The molecule has 0 saturated carbocycles. The first-order chi connectivity index (χ1) is 29.5. The molecule has 1 fully saturated rings. The lowest BCUT2D eigenvalue weighted by atomic mass is 9.87. The molecule has 0 aliphatic carbocycles. The van der Waals surface area contributed by atoms with E-state index < -0.39 is 68.2 Å². The molecule has 3 aliphatic rings. The number of cyclic esters (lactones) is 1. The third kappa shape index (κ3) is 8.61. The molecule has 17 nitrogen and oxygen atoms in total. The minimum absolute atomic E-state index is 0.00606. The lowest BCUT2D eigenvalue weighted by Gasteiger charge is -2.43. The summed E-state index contributed by atoms with van der Waals surface area (Å²) in [5.41, 5.74) is 2.92. The maximum Gasteiger partial charge on any atom is 0.509 e. The summed E-state index contributed by atoms with van der Waals surface area (Å²) in [4.78, 5) is 55.7. The van der Waals surface area contributed by atoms with E-state index in [1.54, 1.807) is 42.5 Å². The van der Waals surface area contributed by atoms with E-state index in [4.69, 9.17) is 47.4 Å². The van der Waals surface area contributed by atoms with Gasteiger partial charge in [-0.3, -0.25) is 0 Å². The highest BCUT2D eigenvalue weighted by Gasteiger charge is 2.53. The Morgan fingerprint density at radius 3 is 2.07 bits per heavy atom. The predicted octanol–water partition coefficient (Wildman–Crippen LogP) is 5.72. The molecule has 0 spiro atoms. The summed E-state index contributed by atoms with van der Waals surface area (Å²) in [5, 5.41) is 21.5. The van der Waals surface area contributed by atoms with Gasteiger partial charge in [-0.2, -0.15) is 0 Å². The van der Waals surface area contributed by atoms with E-state index in [0.29, 0.717) is 44.5 Å². The van der Waals surface area contributed by atoms with E-state index in [1.807, 2.05) is 19.0 Å². The molecule has 0 aromatic heterocycles. The topological polar surface area (TPSA) is 204 Å². The van der Waals surface area contributed by atoms with Crippen molar-refractivity contribution >= 4 is 40.7 Å². The van der Waals surface area contributed by atoms with Gasteiger partial charge in [0.15, 0.2) is 23.7 Å². The van der Waals surface area contributed by atoms with Crippen molar-refractivity contribution in [3.05, 3.63) is 108 Å². The first-order valence-corrected chi connectivity index (χ1v) is 19.1. The third-order valence-corrected chi connectivity index (χ3v) is 10.2. The van der Waals surface area contributed by atoms with Gasteiger partial charge in [-0.05, 0) is 77.5 Å². The number of anilines is 1. The Kier molecular flexibility index (Phi) is 12.6. The van der Waals surface area contributed by atoms with Crippen LogP contribution in [0, 0.1) is 0 Å². The molecule has 61 heavy (non-hydrogen) atoms. The SMILES string of the molecule is C=CCOC(=O)O[C@H]1[C@H](OC(=O)c2ccc(N(C)C)cc2)[C@@H](OC(=O)OCC=C)C(Oc2c3c(c(-c4ccc5c(c4)OCO5)c4cc(CO)c(CO)cc24)C(=O)OC3)O[C@@H]1C. The van der Waals surface area contributed by atoms with Crippen molar-refractivity contribution in [3.63, 3.8) is 0 Å². The number of carbonyl (C=O) groups excluding carboxylic acids is 4. The van der Waals surface area contributed by atoms with Gasteiger partial charge in [0.1, 0.15) is 31.7 Å². The minimum atomic E-state index is -1.73. The van der Waals surface area contributed by atoms with Crippen LogP contribution in [0.3, 0.4) is 0 Å². The molecule has 3 heterocycles. The zero-order chi connectivity index (χ0) is 43.4. The Morgan fingerprint density at radius 1 is 0.787 bits per heavy atom. The van der Waals surface area contributed by atoms with E-state index in [-0.39, 0.29) is 49.1 Å². The highest BCUT2D eigenvalue weighted by molar-refractivity contribution is 6.13. The average Bonchev–Trinajstić information content (AvgIpc) is 3.90. The van der Waals surface area contributed by atoms with Gasteiger partial charge in [0, 0.05) is 36.3 Å². The summed E-state index contributed by atoms with van der Waals surface area (Å²) in [6.07, 6.45) is -7.43. The summed E-state index contributed by atoms with van der Waals surface area (Å²) in [6, 6.07) is 14.8. The summed E-state index contributed by atoms with van der Waals surface area (Å²) >= 11 is 0. The standard InChI is InChI=1S/C44H43NO16/c1-6-14-52-43(50)60-36-23(3)57-42(39(61-44(51)53-15-7-2)38(36)58-40(48)24-8-11-28(12-9-24)45(4)5)59-37-30-17-27(20-47)26(19-46)16-29(30)34(35-31(37)21-54-41(35)49)25-10-13-32-33(18-25)56-22-55-32/h6-13,16-18,23,36,38-39,42,46-47H,1-2,14-15,19-22H2,3-5H3/t23-,36-,38+,39-,42?/m1/s1. The van der Waals surface area contributed by atoms with Crippen LogP contribution in [-0.2, 0) is 53.0 Å². The average molecular weight is 842 g/mol. The fourth-order valence-corrected chi connectivity index (χ4v) is 7.24. The smallest absolute Gasteiger partial charge is 0.460 e. The van der Waals surface area contributed by atoms with Gasteiger partial charge < -0.3 is 62.5 Å². The molecule has 4 aromatic carbocycles. The molecule has 2 N–H and O–H groups in total. The number of aliphatic hydroxyl groups excluding tert-OH is 2. The van der Waals surface area contributed by atoms with E-state index in [1.165, 1.54) is 31.2 Å². The fraction of sp³-hybridized carbons (Fsp3) is 0.318. The van der Waals surface area contributed by atoms with Crippen LogP contribution in [0.1, 0.15) is 44.3 Å². The van der Waals surface area contributed by atoms with Gasteiger partial charge >= 0.3 is 24.2 Å². The summed E-state index contributed by atoms with van der Waals surface area (Å²) < 4.78 is 57.5. The largest absolute Gasteiger partial charge is 0.509 e. The number of nitrogens with zero attached hydrogens (tertiary/aromatic N) is 1. The number of hydrogen-bond acceptors (Lipinski definition) is 17. The fourth-order valence-electron chi connectivity index (χ4n) is 7.24. The van der Waals surface area contributed by atoms with Crippen molar-refractivity contribution in [2.24, 2.45) is 0 Å². The van der Waals surface area contributed by atoms with Crippen LogP contribution in [0.15, 0.2) is 79.9 Å². The summed E-state index contributed by atoms with van der Waals surface area (Å²) in [7, 11) is 3.67. The van der Waals surface area contributed by atoms with Gasteiger partial charge in [-0.1, -0.05) is 31.4 Å². The molecule has 7 rings (SSSR count). The predicted molar refractivity (Wildman–Crippen MR) is 214 cm³/mol. The molecule has 0 amide bonds. The second-order valence-electron chi connectivity index (χ2n) is 14.2. The molecule has 0 radical (unpaired) electrons. The molecular formula is C44H43NO16. The van der Waals surface area contributed by atoms with Crippen molar-refractivity contribution < 1.29 is 76.8 Å². The quantitative estimate of drug-likeness (QED) is 0.0885. The molecule has 17 heteroatoms. The van der Waals surface area contributed by atoms with E-state index in [0.717, 1.165) is 5.69 Å². The van der Waals surface area contributed by atoms with Crippen LogP contribution < -0.4 is 19.1 Å². The van der Waals surface area contributed by atoms with Crippen LogP contribution >= 0.6 is 0 Å². The summed E-state index contributed by atoms with van der Waals surface area (Å²) in [5.74, 6) is -0.619. The Morgan fingerprint density at radius 2 is 1.43 bits per heavy atom. The normalized spacial score (nSPS) is 19.9. The Balaban J connectivity index is 1.38.